The summed E-state index contributed by atoms with van der Waals surface area (Å²) in [7, 11) is 0. The molecule has 0 radical (unpaired) electrons. The van der Waals surface area contributed by atoms with Gasteiger partial charge in [-0.05, 0) is 40.0 Å². The highest BCUT2D eigenvalue weighted by molar-refractivity contribution is 5.92. The van der Waals surface area contributed by atoms with Gasteiger partial charge >= 0.3 is 5.97 Å². The van der Waals surface area contributed by atoms with Crippen molar-refractivity contribution in [1.29, 1.82) is 0 Å². The van der Waals surface area contributed by atoms with Crippen LogP contribution in [0.3, 0.4) is 0 Å². The summed E-state index contributed by atoms with van der Waals surface area (Å²) in [5, 5.41) is 0. The Morgan fingerprint density at radius 2 is 2.05 bits per heavy atom. The van der Waals surface area contributed by atoms with Gasteiger partial charge in [-0.15, -0.1) is 6.58 Å². The number of carbonyl (C=O) groups is 1. The number of ether oxygens (including phenoxy) is 1. The first-order chi connectivity index (χ1) is 8.89. The molecule has 0 spiro atoms. The second-order valence-electron chi connectivity index (χ2n) is 5.62. The summed E-state index contributed by atoms with van der Waals surface area (Å²) in [6, 6.07) is 0. The van der Waals surface area contributed by atoms with Crippen LogP contribution in [-0.4, -0.2) is 12.1 Å². The van der Waals surface area contributed by atoms with Crippen LogP contribution in [0.2, 0.25) is 0 Å². The van der Waals surface area contributed by atoms with Crippen molar-refractivity contribution in [2.75, 3.05) is 0 Å². The highest BCUT2D eigenvalue weighted by atomic mass is 16.6. The van der Waals surface area contributed by atoms with Gasteiger partial charge in [-0.2, -0.15) is 0 Å². The van der Waals surface area contributed by atoms with Crippen LogP contribution >= 0.6 is 0 Å². The first kappa shape index (κ1) is 15.7. The van der Waals surface area contributed by atoms with Crippen molar-refractivity contribution in [2.24, 2.45) is 5.41 Å². The summed E-state index contributed by atoms with van der Waals surface area (Å²) in [6.45, 7) is 16.3. The third kappa shape index (κ3) is 2.99. The van der Waals surface area contributed by atoms with Crippen molar-refractivity contribution in [3.8, 4) is 0 Å². The maximum absolute atomic E-state index is 11.7. The zero-order valence-corrected chi connectivity index (χ0v) is 12.7. The predicted molar refractivity (Wildman–Crippen MR) is 79.8 cm³/mol. The summed E-state index contributed by atoms with van der Waals surface area (Å²) in [4.78, 5) is 11.7. The Morgan fingerprint density at radius 3 is 2.42 bits per heavy atom. The van der Waals surface area contributed by atoms with Crippen LogP contribution in [-0.2, 0) is 9.53 Å². The maximum Gasteiger partial charge on any atom is 0.334 e. The number of esters is 1. The molecule has 19 heavy (non-hydrogen) atoms. The lowest BCUT2D eigenvalue weighted by Gasteiger charge is -2.28. The lowest BCUT2D eigenvalue weighted by atomic mass is 9.73. The molecule has 1 unspecified atom stereocenters. The van der Waals surface area contributed by atoms with Crippen molar-refractivity contribution in [3.63, 3.8) is 0 Å². The van der Waals surface area contributed by atoms with Crippen molar-refractivity contribution in [3.05, 3.63) is 36.0 Å². The van der Waals surface area contributed by atoms with E-state index in [0.717, 1.165) is 25.7 Å². The van der Waals surface area contributed by atoms with Crippen LogP contribution < -0.4 is 0 Å². The summed E-state index contributed by atoms with van der Waals surface area (Å²) in [5.74, 6) is -0.276. The molecule has 0 saturated carbocycles. The average molecular weight is 262 g/mol. The van der Waals surface area contributed by atoms with Crippen molar-refractivity contribution in [1.82, 2.24) is 0 Å². The molecule has 1 aliphatic heterocycles. The van der Waals surface area contributed by atoms with Gasteiger partial charge < -0.3 is 4.74 Å². The molecule has 2 heteroatoms. The number of rotatable bonds is 6. The Hall–Kier alpha value is -1.31. The molecule has 0 bridgehead atoms. The average Bonchev–Trinajstić information content (AvgIpc) is 2.57. The second-order valence-corrected chi connectivity index (χ2v) is 5.62. The molecule has 106 valence electrons. The SMILES string of the molecule is C=CC1(CCC(CCC)=C(C)C)C(=C)C(=O)O[C@H]1C. The maximum atomic E-state index is 11.7. The smallest absolute Gasteiger partial charge is 0.334 e. The fraction of sp³-hybridized carbons (Fsp3) is 0.588. The van der Waals surface area contributed by atoms with E-state index < -0.39 is 5.41 Å². The van der Waals surface area contributed by atoms with E-state index >= 15 is 0 Å². The monoisotopic (exact) mass is 262 g/mol. The van der Waals surface area contributed by atoms with E-state index in [2.05, 4.69) is 33.9 Å². The third-order valence-corrected chi connectivity index (χ3v) is 4.28. The van der Waals surface area contributed by atoms with E-state index in [1.54, 1.807) is 0 Å². The van der Waals surface area contributed by atoms with Crippen LogP contribution in [0.4, 0.5) is 0 Å². The zero-order valence-electron chi connectivity index (χ0n) is 12.7. The zero-order chi connectivity index (χ0) is 14.6. The molecular weight excluding hydrogens is 236 g/mol. The molecule has 0 aromatic heterocycles. The number of cyclic esters (lactones) is 1. The van der Waals surface area contributed by atoms with E-state index in [0.29, 0.717) is 5.57 Å². The Bertz CT molecular complexity index is 413. The molecule has 1 aliphatic rings. The molecule has 1 rings (SSSR count). The summed E-state index contributed by atoms with van der Waals surface area (Å²) < 4.78 is 5.31. The lowest BCUT2D eigenvalue weighted by molar-refractivity contribution is -0.138. The van der Waals surface area contributed by atoms with Crippen LogP contribution in [0.5, 0.6) is 0 Å². The molecule has 0 amide bonds. The molecular formula is C17H26O2. The van der Waals surface area contributed by atoms with Crippen LogP contribution in [0.1, 0.15) is 53.4 Å². The molecule has 0 aromatic rings. The normalized spacial score (nSPS) is 26.2. The molecule has 1 heterocycles. The van der Waals surface area contributed by atoms with Crippen LogP contribution in [0.25, 0.3) is 0 Å². The van der Waals surface area contributed by atoms with E-state index in [9.17, 15) is 4.79 Å². The molecule has 0 aromatic carbocycles. The van der Waals surface area contributed by atoms with Crippen molar-refractivity contribution in [2.45, 2.75) is 59.5 Å². The highest BCUT2D eigenvalue weighted by Gasteiger charge is 2.47. The molecule has 1 saturated heterocycles. The molecule has 1 fully saturated rings. The van der Waals surface area contributed by atoms with Gasteiger partial charge in [-0.1, -0.05) is 37.1 Å². The molecule has 2 atom stereocenters. The molecule has 0 N–H and O–H groups in total. The summed E-state index contributed by atoms with van der Waals surface area (Å²) in [5.41, 5.74) is 3.01. The minimum Gasteiger partial charge on any atom is -0.458 e. The number of allylic oxidation sites excluding steroid dienone is 2. The van der Waals surface area contributed by atoms with E-state index in [4.69, 9.17) is 4.74 Å². The Kier molecular flexibility index (Phi) is 5.16. The van der Waals surface area contributed by atoms with Crippen LogP contribution in [0, 0.1) is 5.41 Å². The van der Waals surface area contributed by atoms with Gasteiger partial charge in [0.25, 0.3) is 0 Å². The highest BCUT2D eigenvalue weighted by Crippen LogP contribution is 2.45. The van der Waals surface area contributed by atoms with Gasteiger partial charge in [0.15, 0.2) is 0 Å². The molecule has 0 aliphatic carbocycles. The minimum absolute atomic E-state index is 0.162. The van der Waals surface area contributed by atoms with E-state index in [1.807, 2.05) is 13.0 Å². The van der Waals surface area contributed by atoms with Gasteiger partial charge in [-0.25, -0.2) is 4.79 Å². The van der Waals surface area contributed by atoms with Crippen molar-refractivity contribution >= 4 is 5.97 Å². The third-order valence-electron chi connectivity index (χ3n) is 4.28. The van der Waals surface area contributed by atoms with Gasteiger partial charge in [0.05, 0.1) is 5.41 Å². The first-order valence-electron chi connectivity index (χ1n) is 7.08. The summed E-state index contributed by atoms with van der Waals surface area (Å²) in [6.07, 6.45) is 5.77. The topological polar surface area (TPSA) is 26.3 Å². The summed E-state index contributed by atoms with van der Waals surface area (Å²) >= 11 is 0. The fourth-order valence-electron chi connectivity index (χ4n) is 2.80. The van der Waals surface area contributed by atoms with Gasteiger partial charge in [0.1, 0.15) is 6.10 Å². The second kappa shape index (κ2) is 6.23. The first-order valence-corrected chi connectivity index (χ1v) is 7.08. The van der Waals surface area contributed by atoms with Gasteiger partial charge in [0.2, 0.25) is 0 Å². The molecule has 2 nitrogen and oxygen atoms in total. The Morgan fingerprint density at radius 1 is 1.42 bits per heavy atom. The number of hydrogen-bond acceptors (Lipinski definition) is 2. The quantitative estimate of drug-likeness (QED) is 0.398. The number of carbonyl (C=O) groups excluding carboxylic acids is 1. The standard InChI is InChI=1S/C17H26O2/c1-7-9-15(12(3)4)10-11-17(8-2)13(5)16(18)19-14(17)6/h8,14H,2,5,7,9-11H2,1,3-4,6H3/t14-,17?/m0/s1. The lowest BCUT2D eigenvalue weighted by Crippen LogP contribution is -2.27. The predicted octanol–water partition coefficient (Wildman–Crippen LogP) is 4.58. The minimum atomic E-state index is -0.397. The van der Waals surface area contributed by atoms with Gasteiger partial charge in [-0.3, -0.25) is 0 Å². The van der Waals surface area contributed by atoms with Crippen molar-refractivity contribution < 1.29 is 9.53 Å². The van der Waals surface area contributed by atoms with Gasteiger partial charge in [0, 0.05) is 5.57 Å². The Labute approximate surface area is 117 Å². The largest absolute Gasteiger partial charge is 0.458 e. The van der Waals surface area contributed by atoms with Crippen LogP contribution in [0.15, 0.2) is 36.0 Å². The van der Waals surface area contributed by atoms with E-state index in [1.165, 1.54) is 11.1 Å². The number of hydrogen-bond donors (Lipinski definition) is 0. The Balaban J connectivity index is 2.89. The fourth-order valence-corrected chi connectivity index (χ4v) is 2.80. The van der Waals surface area contributed by atoms with E-state index in [-0.39, 0.29) is 12.1 Å².